The first-order valence-electron chi connectivity index (χ1n) is 7.64. The summed E-state index contributed by atoms with van der Waals surface area (Å²) in [6, 6.07) is 14.3. The lowest BCUT2D eigenvalue weighted by Gasteiger charge is -2.06. The van der Waals surface area contributed by atoms with E-state index in [4.69, 9.17) is 4.74 Å². The minimum Gasteiger partial charge on any atom is -0.508 e. The smallest absolute Gasteiger partial charge is 0.239 e. The SMILES string of the molecule is COc1ccc(C[C@@H]2S/C(=N/N=C/c3ccc(O)cc3)NC2=O)cc1. The summed E-state index contributed by atoms with van der Waals surface area (Å²) < 4.78 is 5.13. The molecule has 0 aromatic heterocycles. The van der Waals surface area contributed by atoms with Crippen molar-refractivity contribution >= 4 is 29.1 Å². The third-order valence-corrected chi connectivity index (χ3v) is 4.68. The van der Waals surface area contributed by atoms with Gasteiger partial charge in [-0.05, 0) is 53.9 Å². The van der Waals surface area contributed by atoms with Crippen molar-refractivity contribution in [3.05, 3.63) is 59.7 Å². The lowest BCUT2D eigenvalue weighted by Crippen LogP contribution is -2.25. The van der Waals surface area contributed by atoms with Gasteiger partial charge in [0.25, 0.3) is 0 Å². The monoisotopic (exact) mass is 355 g/mol. The number of aromatic hydroxyl groups is 1. The molecule has 2 N–H and O–H groups in total. The Labute approximate surface area is 149 Å². The van der Waals surface area contributed by atoms with Crippen molar-refractivity contribution in [3.63, 3.8) is 0 Å². The molecule has 3 rings (SSSR count). The Morgan fingerprint density at radius 1 is 1.20 bits per heavy atom. The summed E-state index contributed by atoms with van der Waals surface area (Å²) in [4.78, 5) is 12.1. The van der Waals surface area contributed by atoms with Gasteiger partial charge in [-0.3, -0.25) is 4.79 Å². The molecule has 1 fully saturated rings. The Morgan fingerprint density at radius 2 is 1.92 bits per heavy atom. The van der Waals surface area contributed by atoms with Crippen LogP contribution in [0.15, 0.2) is 58.7 Å². The number of nitrogens with one attached hydrogen (secondary N) is 1. The molecular weight excluding hydrogens is 338 g/mol. The molecule has 25 heavy (non-hydrogen) atoms. The molecule has 7 heteroatoms. The van der Waals surface area contributed by atoms with E-state index < -0.39 is 0 Å². The fourth-order valence-corrected chi connectivity index (χ4v) is 3.24. The number of carbonyl (C=O) groups is 1. The molecule has 0 bridgehead atoms. The predicted octanol–water partition coefficient (Wildman–Crippen LogP) is 2.57. The summed E-state index contributed by atoms with van der Waals surface area (Å²) >= 11 is 1.37. The second-order valence-electron chi connectivity index (χ2n) is 5.39. The van der Waals surface area contributed by atoms with E-state index in [1.54, 1.807) is 37.6 Å². The highest BCUT2D eigenvalue weighted by atomic mass is 32.2. The molecule has 1 atom stereocenters. The summed E-state index contributed by atoms with van der Waals surface area (Å²) in [6.07, 6.45) is 2.18. The first kappa shape index (κ1) is 17.0. The summed E-state index contributed by atoms with van der Waals surface area (Å²) in [7, 11) is 1.62. The Kier molecular flexibility index (Phi) is 5.35. The molecule has 1 aliphatic rings. The molecule has 6 nitrogen and oxygen atoms in total. The largest absolute Gasteiger partial charge is 0.508 e. The van der Waals surface area contributed by atoms with E-state index >= 15 is 0 Å². The van der Waals surface area contributed by atoms with Crippen molar-refractivity contribution < 1.29 is 14.6 Å². The number of rotatable bonds is 5. The van der Waals surface area contributed by atoms with E-state index in [-0.39, 0.29) is 16.9 Å². The van der Waals surface area contributed by atoms with Gasteiger partial charge in [0.15, 0.2) is 5.17 Å². The number of thioether (sulfide) groups is 1. The Hall–Kier alpha value is -2.80. The van der Waals surface area contributed by atoms with Crippen LogP contribution in [0.4, 0.5) is 0 Å². The van der Waals surface area contributed by atoms with Gasteiger partial charge >= 0.3 is 0 Å². The second-order valence-corrected chi connectivity index (χ2v) is 6.58. The number of ether oxygens (including phenoxy) is 1. The van der Waals surface area contributed by atoms with Gasteiger partial charge in [-0.2, -0.15) is 5.10 Å². The van der Waals surface area contributed by atoms with E-state index in [2.05, 4.69) is 15.5 Å². The fourth-order valence-electron chi connectivity index (χ4n) is 2.27. The van der Waals surface area contributed by atoms with Crippen LogP contribution in [0.25, 0.3) is 0 Å². The van der Waals surface area contributed by atoms with Crippen LogP contribution in [0.5, 0.6) is 11.5 Å². The fraction of sp³-hybridized carbons (Fsp3) is 0.167. The molecule has 1 saturated heterocycles. The van der Waals surface area contributed by atoms with Crippen LogP contribution in [0.3, 0.4) is 0 Å². The second kappa shape index (κ2) is 7.85. The van der Waals surface area contributed by atoms with Gasteiger partial charge in [-0.25, -0.2) is 0 Å². The van der Waals surface area contributed by atoms with Gasteiger partial charge in [0.2, 0.25) is 5.91 Å². The maximum absolute atomic E-state index is 12.1. The van der Waals surface area contributed by atoms with Gasteiger partial charge in [-0.15, -0.1) is 5.10 Å². The zero-order valence-corrected chi connectivity index (χ0v) is 14.4. The van der Waals surface area contributed by atoms with Crippen molar-refractivity contribution in [1.82, 2.24) is 5.32 Å². The predicted molar refractivity (Wildman–Crippen MR) is 99.4 cm³/mol. The molecule has 0 saturated carbocycles. The molecule has 0 unspecified atom stereocenters. The van der Waals surface area contributed by atoms with Crippen LogP contribution in [-0.4, -0.2) is 34.8 Å². The van der Waals surface area contributed by atoms with Gasteiger partial charge < -0.3 is 15.2 Å². The average Bonchev–Trinajstić information content (AvgIpc) is 2.97. The maximum Gasteiger partial charge on any atom is 0.239 e. The molecule has 1 aliphatic heterocycles. The summed E-state index contributed by atoms with van der Waals surface area (Å²) in [6.45, 7) is 0. The number of nitrogens with zero attached hydrogens (tertiary/aromatic N) is 2. The number of amides is 1. The molecule has 1 heterocycles. The van der Waals surface area contributed by atoms with Crippen LogP contribution in [0, 0.1) is 0 Å². The molecule has 1 amide bonds. The van der Waals surface area contributed by atoms with Gasteiger partial charge in [0.1, 0.15) is 11.5 Å². The van der Waals surface area contributed by atoms with Crippen molar-refractivity contribution in [1.29, 1.82) is 0 Å². The van der Waals surface area contributed by atoms with Gasteiger partial charge in [-0.1, -0.05) is 23.9 Å². The minimum atomic E-state index is -0.226. The molecule has 128 valence electrons. The highest BCUT2D eigenvalue weighted by Gasteiger charge is 2.30. The summed E-state index contributed by atoms with van der Waals surface area (Å²) in [5.41, 5.74) is 1.87. The highest BCUT2D eigenvalue weighted by molar-refractivity contribution is 8.15. The van der Waals surface area contributed by atoms with Gasteiger partial charge in [0.05, 0.1) is 18.6 Å². The Balaban J connectivity index is 1.60. The van der Waals surface area contributed by atoms with Gasteiger partial charge in [0, 0.05) is 0 Å². The summed E-state index contributed by atoms with van der Waals surface area (Å²) in [5, 5.41) is 20.3. The lowest BCUT2D eigenvalue weighted by molar-refractivity contribution is -0.118. The zero-order chi connectivity index (χ0) is 17.6. The van der Waals surface area contributed by atoms with E-state index in [1.807, 2.05) is 24.3 Å². The topological polar surface area (TPSA) is 83.3 Å². The number of phenols is 1. The number of amidine groups is 1. The number of benzene rings is 2. The first-order valence-corrected chi connectivity index (χ1v) is 8.52. The summed E-state index contributed by atoms with van der Waals surface area (Å²) in [5.74, 6) is 0.918. The molecule has 0 spiro atoms. The van der Waals surface area contributed by atoms with Crippen LogP contribution in [0.2, 0.25) is 0 Å². The molecular formula is C18H17N3O3S. The molecule has 2 aromatic rings. The quantitative estimate of drug-likeness (QED) is 0.638. The van der Waals surface area contributed by atoms with E-state index in [0.717, 1.165) is 16.9 Å². The van der Waals surface area contributed by atoms with Crippen LogP contribution in [-0.2, 0) is 11.2 Å². The van der Waals surface area contributed by atoms with Crippen LogP contribution < -0.4 is 10.1 Å². The average molecular weight is 355 g/mol. The third-order valence-electron chi connectivity index (χ3n) is 3.61. The Morgan fingerprint density at radius 3 is 2.60 bits per heavy atom. The first-order chi connectivity index (χ1) is 12.1. The molecule has 0 aliphatic carbocycles. The van der Waals surface area contributed by atoms with E-state index in [0.29, 0.717) is 11.6 Å². The molecule has 0 radical (unpaired) electrons. The minimum absolute atomic E-state index is 0.0700. The van der Waals surface area contributed by atoms with Crippen molar-refractivity contribution in [2.75, 3.05) is 7.11 Å². The van der Waals surface area contributed by atoms with E-state index in [9.17, 15) is 9.90 Å². The standard InChI is InChI=1S/C18H17N3O3S/c1-24-15-8-4-12(5-9-15)10-16-17(23)20-18(25-16)21-19-11-13-2-6-14(22)7-3-13/h2-9,11,16,22H,10H2,1H3,(H,20,21,23)/b19-11+/t16-/m0/s1. The number of carbonyl (C=O) groups excluding carboxylic acids is 1. The number of methoxy groups -OCH3 is 1. The van der Waals surface area contributed by atoms with Crippen molar-refractivity contribution in [2.24, 2.45) is 10.2 Å². The third kappa shape index (κ3) is 4.60. The maximum atomic E-state index is 12.1. The Bertz CT molecular complexity index is 801. The van der Waals surface area contributed by atoms with Crippen LogP contribution >= 0.6 is 11.8 Å². The highest BCUT2D eigenvalue weighted by Crippen LogP contribution is 2.24. The van der Waals surface area contributed by atoms with E-state index in [1.165, 1.54) is 11.8 Å². The zero-order valence-electron chi connectivity index (χ0n) is 13.5. The normalized spacial score (nSPS) is 18.7. The number of hydrogen-bond donors (Lipinski definition) is 2. The van der Waals surface area contributed by atoms with Crippen molar-refractivity contribution in [2.45, 2.75) is 11.7 Å². The number of phenolic OH excluding ortho intramolecular Hbond substituents is 1. The number of hydrogen-bond acceptors (Lipinski definition) is 6. The van der Waals surface area contributed by atoms with Crippen LogP contribution in [0.1, 0.15) is 11.1 Å². The van der Waals surface area contributed by atoms with Crippen molar-refractivity contribution in [3.8, 4) is 11.5 Å². The molecule has 2 aromatic carbocycles. The lowest BCUT2D eigenvalue weighted by atomic mass is 10.1.